The Hall–Kier alpha value is -1.04. The van der Waals surface area contributed by atoms with Crippen molar-refractivity contribution in [3.63, 3.8) is 0 Å². The molecule has 0 bridgehead atoms. The van der Waals surface area contributed by atoms with E-state index in [2.05, 4.69) is 11.9 Å². The van der Waals surface area contributed by atoms with Crippen molar-refractivity contribution >= 4 is 5.91 Å². The maximum absolute atomic E-state index is 12.2. The van der Waals surface area contributed by atoms with Crippen LogP contribution in [0.15, 0.2) is 12.7 Å². The van der Waals surface area contributed by atoms with E-state index in [0.717, 1.165) is 4.90 Å². The summed E-state index contributed by atoms with van der Waals surface area (Å²) in [5.74, 6) is -0.561. The van der Waals surface area contributed by atoms with Crippen LogP contribution in [0.4, 0.5) is 13.2 Å². The van der Waals surface area contributed by atoms with E-state index in [1.54, 1.807) is 13.8 Å². The lowest BCUT2D eigenvalue weighted by molar-refractivity contribution is -0.163. The van der Waals surface area contributed by atoms with Crippen LogP contribution >= 0.6 is 0 Å². The van der Waals surface area contributed by atoms with Gasteiger partial charge in [-0.05, 0) is 13.8 Å². The molecular weight excluding hydrogens is 221 g/mol. The van der Waals surface area contributed by atoms with Gasteiger partial charge in [-0.3, -0.25) is 4.79 Å². The molecule has 3 nitrogen and oxygen atoms in total. The highest BCUT2D eigenvalue weighted by Crippen LogP contribution is 2.17. The minimum atomic E-state index is -4.36. The average molecular weight is 238 g/mol. The van der Waals surface area contributed by atoms with Crippen LogP contribution in [0.3, 0.4) is 0 Å². The molecule has 0 atom stereocenters. The zero-order valence-electron chi connectivity index (χ0n) is 9.47. The third kappa shape index (κ3) is 6.44. The van der Waals surface area contributed by atoms with E-state index in [1.807, 2.05) is 0 Å². The molecule has 0 rings (SSSR count). The summed E-state index contributed by atoms with van der Waals surface area (Å²) < 4.78 is 36.6. The van der Waals surface area contributed by atoms with Crippen LogP contribution in [0, 0.1) is 0 Å². The maximum Gasteiger partial charge on any atom is 0.406 e. The van der Waals surface area contributed by atoms with Gasteiger partial charge in [0.25, 0.3) is 0 Å². The van der Waals surface area contributed by atoms with E-state index in [4.69, 9.17) is 0 Å². The summed E-state index contributed by atoms with van der Waals surface area (Å²) >= 11 is 0. The largest absolute Gasteiger partial charge is 0.406 e. The van der Waals surface area contributed by atoms with Crippen LogP contribution in [0.2, 0.25) is 0 Å². The number of nitrogens with one attached hydrogen (secondary N) is 1. The molecule has 6 heteroatoms. The van der Waals surface area contributed by atoms with E-state index < -0.39 is 24.7 Å². The van der Waals surface area contributed by atoms with Gasteiger partial charge in [0.05, 0.1) is 6.54 Å². The van der Waals surface area contributed by atoms with Crippen LogP contribution in [0.5, 0.6) is 0 Å². The molecule has 0 saturated heterocycles. The molecule has 0 unspecified atom stereocenters. The molecule has 16 heavy (non-hydrogen) atoms. The van der Waals surface area contributed by atoms with Gasteiger partial charge in [0.1, 0.15) is 6.54 Å². The SMILES string of the molecule is C=CCNCC(=O)N(CC(F)(F)F)C(C)C. The highest BCUT2D eigenvalue weighted by Gasteiger charge is 2.33. The molecule has 1 N–H and O–H groups in total. The van der Waals surface area contributed by atoms with Gasteiger partial charge in [0.2, 0.25) is 5.91 Å². The Bertz CT molecular complexity index is 239. The minimum absolute atomic E-state index is 0.111. The second-order valence-electron chi connectivity index (χ2n) is 3.65. The number of carbonyl (C=O) groups is 1. The molecule has 0 aliphatic carbocycles. The van der Waals surface area contributed by atoms with Gasteiger partial charge in [-0.1, -0.05) is 6.08 Å². The first-order valence-electron chi connectivity index (χ1n) is 4.95. The fourth-order valence-electron chi connectivity index (χ4n) is 1.13. The van der Waals surface area contributed by atoms with Crippen molar-refractivity contribution in [1.29, 1.82) is 0 Å². The Morgan fingerprint density at radius 1 is 1.50 bits per heavy atom. The summed E-state index contributed by atoms with van der Waals surface area (Å²) in [7, 11) is 0. The minimum Gasteiger partial charge on any atom is -0.330 e. The molecule has 0 radical (unpaired) electrons. The monoisotopic (exact) mass is 238 g/mol. The predicted molar refractivity (Wildman–Crippen MR) is 56.0 cm³/mol. The third-order valence-electron chi connectivity index (χ3n) is 1.86. The summed E-state index contributed by atoms with van der Waals surface area (Å²) in [5.41, 5.74) is 0. The van der Waals surface area contributed by atoms with Crippen molar-refractivity contribution in [1.82, 2.24) is 10.2 Å². The van der Waals surface area contributed by atoms with Gasteiger partial charge >= 0.3 is 6.18 Å². The second kappa shape index (κ2) is 6.52. The number of amides is 1. The highest BCUT2D eigenvalue weighted by atomic mass is 19.4. The van der Waals surface area contributed by atoms with Gasteiger partial charge in [0, 0.05) is 12.6 Å². The highest BCUT2D eigenvalue weighted by molar-refractivity contribution is 5.78. The van der Waals surface area contributed by atoms with Crippen LogP contribution in [-0.2, 0) is 4.79 Å². The Morgan fingerprint density at radius 2 is 2.06 bits per heavy atom. The Morgan fingerprint density at radius 3 is 2.44 bits per heavy atom. The zero-order valence-corrected chi connectivity index (χ0v) is 9.47. The van der Waals surface area contributed by atoms with Gasteiger partial charge in [-0.2, -0.15) is 13.2 Å². The number of rotatable bonds is 6. The van der Waals surface area contributed by atoms with Gasteiger partial charge < -0.3 is 10.2 Å². The summed E-state index contributed by atoms with van der Waals surface area (Å²) in [5, 5.41) is 2.68. The number of nitrogens with zero attached hydrogens (tertiary/aromatic N) is 1. The number of halogens is 3. The van der Waals surface area contributed by atoms with E-state index >= 15 is 0 Å². The molecule has 0 heterocycles. The van der Waals surface area contributed by atoms with Gasteiger partial charge in [-0.25, -0.2) is 0 Å². The molecule has 0 aromatic rings. The normalized spacial score (nSPS) is 11.6. The van der Waals surface area contributed by atoms with Crippen LogP contribution < -0.4 is 5.32 Å². The molecule has 0 aromatic carbocycles. The van der Waals surface area contributed by atoms with E-state index in [-0.39, 0.29) is 6.54 Å². The molecule has 0 fully saturated rings. The van der Waals surface area contributed by atoms with Crippen LogP contribution in [-0.4, -0.2) is 42.7 Å². The lowest BCUT2D eigenvalue weighted by atomic mass is 10.3. The van der Waals surface area contributed by atoms with Crippen LogP contribution in [0.1, 0.15) is 13.8 Å². The van der Waals surface area contributed by atoms with Gasteiger partial charge in [-0.15, -0.1) is 6.58 Å². The third-order valence-corrected chi connectivity index (χ3v) is 1.86. The van der Waals surface area contributed by atoms with Gasteiger partial charge in [0.15, 0.2) is 0 Å². The molecule has 0 aliphatic rings. The molecule has 0 saturated carbocycles. The second-order valence-corrected chi connectivity index (χ2v) is 3.65. The lowest BCUT2D eigenvalue weighted by Gasteiger charge is -2.27. The first-order valence-corrected chi connectivity index (χ1v) is 4.95. The Kier molecular flexibility index (Phi) is 6.10. The van der Waals surface area contributed by atoms with E-state index in [0.29, 0.717) is 6.54 Å². The van der Waals surface area contributed by atoms with Crippen molar-refractivity contribution in [3.05, 3.63) is 12.7 Å². The first kappa shape index (κ1) is 15.0. The summed E-state index contributed by atoms with van der Waals surface area (Å²) in [6.45, 7) is 5.61. The Labute approximate surface area is 93.3 Å². The van der Waals surface area contributed by atoms with E-state index in [9.17, 15) is 18.0 Å². The van der Waals surface area contributed by atoms with Crippen molar-refractivity contribution in [2.45, 2.75) is 26.1 Å². The van der Waals surface area contributed by atoms with Crippen molar-refractivity contribution in [2.75, 3.05) is 19.6 Å². The number of alkyl halides is 3. The summed E-state index contributed by atoms with van der Waals surface area (Å²) in [6, 6.07) is -0.473. The standard InChI is InChI=1S/C10H17F3N2O/c1-4-5-14-6-9(16)15(8(2)3)7-10(11,12)13/h4,8,14H,1,5-7H2,2-3H3. The number of hydrogen-bond acceptors (Lipinski definition) is 2. The topological polar surface area (TPSA) is 32.3 Å². The average Bonchev–Trinajstić information content (AvgIpc) is 2.12. The smallest absolute Gasteiger partial charge is 0.330 e. The van der Waals surface area contributed by atoms with Crippen LogP contribution in [0.25, 0.3) is 0 Å². The van der Waals surface area contributed by atoms with E-state index in [1.165, 1.54) is 6.08 Å². The number of hydrogen-bond donors (Lipinski definition) is 1. The Balaban J connectivity index is 4.30. The van der Waals surface area contributed by atoms with Crippen molar-refractivity contribution < 1.29 is 18.0 Å². The van der Waals surface area contributed by atoms with Crippen molar-refractivity contribution in [2.24, 2.45) is 0 Å². The fourth-order valence-corrected chi connectivity index (χ4v) is 1.13. The molecule has 94 valence electrons. The zero-order chi connectivity index (χ0) is 12.8. The summed E-state index contributed by atoms with van der Waals surface area (Å²) in [4.78, 5) is 12.3. The molecule has 0 aliphatic heterocycles. The molecule has 1 amide bonds. The predicted octanol–water partition coefficient (Wildman–Crippen LogP) is 1.56. The van der Waals surface area contributed by atoms with Crippen molar-refractivity contribution in [3.8, 4) is 0 Å². The molecule has 0 spiro atoms. The maximum atomic E-state index is 12.2. The molecular formula is C10H17F3N2O. The fraction of sp³-hybridized carbons (Fsp3) is 0.700. The number of carbonyl (C=O) groups excluding carboxylic acids is 1. The summed E-state index contributed by atoms with van der Waals surface area (Å²) in [6.07, 6.45) is -2.82. The lowest BCUT2D eigenvalue weighted by Crippen LogP contribution is -2.46. The first-order chi connectivity index (χ1) is 7.28. The quantitative estimate of drug-likeness (QED) is 0.562. The molecule has 0 aromatic heterocycles.